The quantitative estimate of drug-likeness (QED) is 0.752. The molecular formula is C12H18N4O2. The minimum atomic E-state index is -0.258. The van der Waals surface area contributed by atoms with E-state index in [0.29, 0.717) is 13.2 Å². The Balaban J connectivity index is 2.25. The Kier molecular flexibility index (Phi) is 4.49. The summed E-state index contributed by atoms with van der Waals surface area (Å²) in [6, 6.07) is 0. The van der Waals surface area contributed by atoms with Gasteiger partial charge < -0.3 is 18.6 Å². The topological polar surface area (TPSA) is 54.1 Å². The summed E-state index contributed by atoms with van der Waals surface area (Å²) in [7, 11) is 0. The molecule has 0 aromatic carbocycles. The Labute approximate surface area is 106 Å². The molecule has 2 unspecified atom stereocenters. The Bertz CT molecular complexity index is 385. The Morgan fingerprint density at radius 3 is 1.61 bits per heavy atom. The van der Waals surface area contributed by atoms with Crippen LogP contribution in [0.1, 0.15) is 26.3 Å². The van der Waals surface area contributed by atoms with Gasteiger partial charge in [0.2, 0.25) is 0 Å². The summed E-state index contributed by atoms with van der Waals surface area (Å²) in [4.78, 5) is 8.10. The van der Waals surface area contributed by atoms with Crippen LogP contribution in [0, 0.1) is 0 Å². The van der Waals surface area contributed by atoms with Gasteiger partial charge in [-0.15, -0.1) is 0 Å². The fourth-order valence-corrected chi connectivity index (χ4v) is 1.81. The first kappa shape index (κ1) is 12.8. The molecule has 0 aliphatic rings. The van der Waals surface area contributed by atoms with E-state index in [1.165, 1.54) is 0 Å². The maximum atomic E-state index is 5.77. The molecule has 0 radical (unpaired) electrons. The van der Waals surface area contributed by atoms with Gasteiger partial charge in [0.25, 0.3) is 0 Å². The SMILES string of the molecule is CCOC(C(OCC)n1ccnc1)n1ccnc1. The molecule has 2 aromatic rings. The molecule has 0 spiro atoms. The average Bonchev–Trinajstić information content (AvgIpc) is 3.05. The van der Waals surface area contributed by atoms with Crippen LogP contribution in [0.25, 0.3) is 0 Å². The summed E-state index contributed by atoms with van der Waals surface area (Å²) in [6.07, 6.45) is 10.1. The molecule has 6 nitrogen and oxygen atoms in total. The molecule has 0 aliphatic carbocycles. The van der Waals surface area contributed by atoms with Crippen molar-refractivity contribution in [3.8, 4) is 0 Å². The van der Waals surface area contributed by atoms with Crippen molar-refractivity contribution >= 4 is 0 Å². The molecule has 2 rings (SSSR count). The molecule has 2 atom stereocenters. The van der Waals surface area contributed by atoms with Crippen LogP contribution in [0.15, 0.2) is 37.4 Å². The highest BCUT2D eigenvalue weighted by Gasteiger charge is 2.25. The van der Waals surface area contributed by atoms with Crippen LogP contribution in [0.4, 0.5) is 0 Å². The lowest BCUT2D eigenvalue weighted by Gasteiger charge is -2.28. The third-order valence-corrected chi connectivity index (χ3v) is 2.56. The Morgan fingerprint density at radius 2 is 1.33 bits per heavy atom. The van der Waals surface area contributed by atoms with E-state index in [9.17, 15) is 0 Å². The zero-order chi connectivity index (χ0) is 12.8. The summed E-state index contributed by atoms with van der Waals surface area (Å²) >= 11 is 0. The summed E-state index contributed by atoms with van der Waals surface area (Å²) < 4.78 is 15.3. The predicted octanol–water partition coefficient (Wildman–Crippen LogP) is 1.85. The fraction of sp³-hybridized carbons (Fsp3) is 0.500. The molecule has 0 aliphatic heterocycles. The third-order valence-electron chi connectivity index (χ3n) is 2.56. The van der Waals surface area contributed by atoms with Gasteiger partial charge in [0.15, 0.2) is 12.5 Å². The Morgan fingerprint density at radius 1 is 0.889 bits per heavy atom. The predicted molar refractivity (Wildman–Crippen MR) is 65.8 cm³/mol. The number of rotatable bonds is 7. The van der Waals surface area contributed by atoms with Gasteiger partial charge in [-0.1, -0.05) is 0 Å². The van der Waals surface area contributed by atoms with Gasteiger partial charge >= 0.3 is 0 Å². The molecule has 0 saturated carbocycles. The second-order valence-electron chi connectivity index (χ2n) is 3.71. The maximum Gasteiger partial charge on any atom is 0.180 e. The highest BCUT2D eigenvalue weighted by Crippen LogP contribution is 2.25. The highest BCUT2D eigenvalue weighted by molar-refractivity contribution is 4.84. The van der Waals surface area contributed by atoms with E-state index in [1.807, 2.05) is 35.4 Å². The largest absolute Gasteiger partial charge is 0.353 e. The van der Waals surface area contributed by atoms with Gasteiger partial charge in [0, 0.05) is 38.0 Å². The average molecular weight is 250 g/mol. The fourth-order valence-electron chi connectivity index (χ4n) is 1.81. The molecule has 0 bridgehead atoms. The van der Waals surface area contributed by atoms with Gasteiger partial charge in [0.05, 0.1) is 12.7 Å². The van der Waals surface area contributed by atoms with E-state index in [4.69, 9.17) is 9.47 Å². The van der Waals surface area contributed by atoms with Crippen LogP contribution >= 0.6 is 0 Å². The molecule has 0 N–H and O–H groups in total. The van der Waals surface area contributed by atoms with Crippen LogP contribution in [-0.4, -0.2) is 32.3 Å². The normalized spacial score (nSPS) is 14.6. The lowest BCUT2D eigenvalue weighted by atomic mass is 10.4. The van der Waals surface area contributed by atoms with Crippen molar-refractivity contribution in [1.29, 1.82) is 0 Å². The van der Waals surface area contributed by atoms with E-state index in [0.717, 1.165) is 0 Å². The highest BCUT2D eigenvalue weighted by atomic mass is 16.6. The first-order valence-corrected chi connectivity index (χ1v) is 6.04. The van der Waals surface area contributed by atoms with E-state index >= 15 is 0 Å². The first-order chi connectivity index (χ1) is 8.86. The van der Waals surface area contributed by atoms with Gasteiger partial charge in [-0.05, 0) is 13.8 Å². The standard InChI is InChI=1S/C12H18N4O2/c1-3-17-11(15-7-5-13-9-15)12(18-4-2)16-8-6-14-10-16/h5-12H,3-4H2,1-2H3. The zero-order valence-corrected chi connectivity index (χ0v) is 10.6. The molecule has 6 heteroatoms. The summed E-state index contributed by atoms with van der Waals surface area (Å²) in [5, 5.41) is 0. The molecule has 98 valence electrons. The van der Waals surface area contributed by atoms with E-state index < -0.39 is 0 Å². The van der Waals surface area contributed by atoms with Crippen LogP contribution < -0.4 is 0 Å². The minimum Gasteiger partial charge on any atom is -0.353 e. The van der Waals surface area contributed by atoms with Crippen molar-refractivity contribution in [2.75, 3.05) is 13.2 Å². The number of hydrogen-bond acceptors (Lipinski definition) is 4. The van der Waals surface area contributed by atoms with Gasteiger partial charge in [-0.2, -0.15) is 0 Å². The molecular weight excluding hydrogens is 232 g/mol. The van der Waals surface area contributed by atoms with E-state index in [2.05, 4.69) is 9.97 Å². The van der Waals surface area contributed by atoms with Crippen LogP contribution in [0.2, 0.25) is 0 Å². The number of aromatic nitrogens is 4. The van der Waals surface area contributed by atoms with Crippen LogP contribution in [-0.2, 0) is 9.47 Å². The number of ether oxygens (including phenoxy) is 2. The number of nitrogens with zero attached hydrogens (tertiary/aromatic N) is 4. The maximum absolute atomic E-state index is 5.77. The second kappa shape index (κ2) is 6.32. The lowest BCUT2D eigenvalue weighted by molar-refractivity contribution is -0.140. The monoisotopic (exact) mass is 250 g/mol. The van der Waals surface area contributed by atoms with Crippen LogP contribution in [0.5, 0.6) is 0 Å². The van der Waals surface area contributed by atoms with Crippen molar-refractivity contribution in [2.45, 2.75) is 26.3 Å². The van der Waals surface area contributed by atoms with Gasteiger partial charge in [0.1, 0.15) is 0 Å². The molecule has 2 heterocycles. The smallest absolute Gasteiger partial charge is 0.180 e. The summed E-state index contributed by atoms with van der Waals surface area (Å²) in [5.74, 6) is 0. The van der Waals surface area contributed by atoms with Crippen molar-refractivity contribution in [1.82, 2.24) is 19.1 Å². The van der Waals surface area contributed by atoms with Crippen molar-refractivity contribution in [3.63, 3.8) is 0 Å². The van der Waals surface area contributed by atoms with Crippen molar-refractivity contribution < 1.29 is 9.47 Å². The van der Waals surface area contributed by atoms with Crippen molar-refractivity contribution in [2.24, 2.45) is 0 Å². The first-order valence-electron chi connectivity index (χ1n) is 6.04. The van der Waals surface area contributed by atoms with E-state index in [-0.39, 0.29) is 12.5 Å². The number of hydrogen-bond donors (Lipinski definition) is 0. The van der Waals surface area contributed by atoms with Crippen LogP contribution in [0.3, 0.4) is 0 Å². The lowest BCUT2D eigenvalue weighted by Crippen LogP contribution is -2.26. The summed E-state index contributed by atoms with van der Waals surface area (Å²) in [6.45, 7) is 5.12. The molecule has 0 amide bonds. The Hall–Kier alpha value is -1.66. The third kappa shape index (κ3) is 2.77. The molecule has 0 saturated heterocycles. The van der Waals surface area contributed by atoms with Gasteiger partial charge in [-0.25, -0.2) is 9.97 Å². The number of imidazole rings is 2. The molecule has 18 heavy (non-hydrogen) atoms. The summed E-state index contributed by atoms with van der Waals surface area (Å²) in [5.41, 5.74) is 0. The second-order valence-corrected chi connectivity index (χ2v) is 3.71. The zero-order valence-electron chi connectivity index (χ0n) is 10.6. The molecule has 2 aromatic heterocycles. The van der Waals surface area contributed by atoms with Gasteiger partial charge in [-0.3, -0.25) is 0 Å². The van der Waals surface area contributed by atoms with E-state index in [1.54, 1.807) is 25.0 Å². The van der Waals surface area contributed by atoms with Crippen molar-refractivity contribution in [3.05, 3.63) is 37.4 Å². The minimum absolute atomic E-state index is 0.258. The molecule has 0 fully saturated rings.